The van der Waals surface area contributed by atoms with Crippen LogP contribution in [0.15, 0.2) is 18.3 Å². The third-order valence-electron chi connectivity index (χ3n) is 4.27. The van der Waals surface area contributed by atoms with E-state index in [0.29, 0.717) is 0 Å². The van der Waals surface area contributed by atoms with Gasteiger partial charge < -0.3 is 15.4 Å². The number of unbranched alkanes of at least 4 members (excludes halogenated alkanes) is 1. The molecule has 0 aromatic carbocycles. The maximum Gasteiger partial charge on any atom is 0.213 e. The molecule has 0 radical (unpaired) electrons. The highest BCUT2D eigenvalue weighted by atomic mass is 16.5. The first-order valence-corrected chi connectivity index (χ1v) is 8.77. The Morgan fingerprint density at radius 2 is 2.09 bits per heavy atom. The monoisotopic (exact) mass is 305 g/mol. The number of likely N-dealkylation sites (tertiary alicyclic amines) is 1. The Kier molecular flexibility index (Phi) is 7.13. The summed E-state index contributed by atoms with van der Waals surface area (Å²) in [6.07, 6.45) is 9.14. The molecule has 124 valence electrons. The van der Waals surface area contributed by atoms with Gasteiger partial charge in [-0.2, -0.15) is 0 Å². The van der Waals surface area contributed by atoms with Crippen molar-refractivity contribution in [3.8, 4) is 5.88 Å². The molecule has 4 heteroatoms. The lowest BCUT2D eigenvalue weighted by molar-refractivity contribution is 0.199. The molecule has 1 saturated heterocycles. The summed E-state index contributed by atoms with van der Waals surface area (Å²) < 4.78 is 5.83. The summed E-state index contributed by atoms with van der Waals surface area (Å²) in [6.45, 7) is 7.71. The summed E-state index contributed by atoms with van der Waals surface area (Å²) in [5.41, 5.74) is 7.45. The van der Waals surface area contributed by atoms with Crippen molar-refractivity contribution in [3.05, 3.63) is 23.9 Å². The van der Waals surface area contributed by atoms with E-state index < -0.39 is 0 Å². The normalized spacial score (nSPS) is 18.3. The largest absolute Gasteiger partial charge is 0.475 e. The summed E-state index contributed by atoms with van der Waals surface area (Å²) in [4.78, 5) is 6.88. The van der Waals surface area contributed by atoms with E-state index in [4.69, 9.17) is 10.5 Å². The molecule has 22 heavy (non-hydrogen) atoms. The molecule has 0 bridgehead atoms. The fraction of sp³-hybridized carbons (Fsp3) is 0.722. The van der Waals surface area contributed by atoms with Gasteiger partial charge in [0.15, 0.2) is 0 Å². The maximum atomic E-state index is 6.26. The van der Waals surface area contributed by atoms with Crippen LogP contribution in [0.2, 0.25) is 0 Å². The topological polar surface area (TPSA) is 51.4 Å². The predicted molar refractivity (Wildman–Crippen MR) is 91.2 cm³/mol. The van der Waals surface area contributed by atoms with Gasteiger partial charge in [-0.15, -0.1) is 0 Å². The Balaban J connectivity index is 1.75. The van der Waals surface area contributed by atoms with E-state index in [0.717, 1.165) is 25.3 Å². The van der Waals surface area contributed by atoms with Gasteiger partial charge in [-0.3, -0.25) is 0 Å². The zero-order chi connectivity index (χ0) is 15.8. The van der Waals surface area contributed by atoms with Gasteiger partial charge >= 0.3 is 0 Å². The van der Waals surface area contributed by atoms with Crippen LogP contribution >= 0.6 is 0 Å². The van der Waals surface area contributed by atoms with Crippen LogP contribution < -0.4 is 10.5 Å². The van der Waals surface area contributed by atoms with Gasteiger partial charge in [-0.05, 0) is 51.3 Å². The van der Waals surface area contributed by atoms with Crippen molar-refractivity contribution in [1.29, 1.82) is 0 Å². The summed E-state index contributed by atoms with van der Waals surface area (Å²) in [5.74, 6) is 0.723. The first-order valence-electron chi connectivity index (χ1n) is 8.77. The molecule has 0 amide bonds. The predicted octanol–water partition coefficient (Wildman–Crippen LogP) is 3.00. The quantitative estimate of drug-likeness (QED) is 0.762. The molecule has 0 aliphatic carbocycles. The van der Waals surface area contributed by atoms with Crippen molar-refractivity contribution in [1.82, 2.24) is 9.88 Å². The lowest BCUT2D eigenvalue weighted by atomic mass is 10.1. The van der Waals surface area contributed by atoms with E-state index in [2.05, 4.69) is 29.8 Å². The molecule has 2 N–H and O–H groups in total. The molecule has 1 aromatic rings. The number of nitrogens with zero attached hydrogens (tertiary/aromatic N) is 2. The second kappa shape index (κ2) is 9.11. The van der Waals surface area contributed by atoms with Gasteiger partial charge in [0.1, 0.15) is 0 Å². The highest BCUT2D eigenvalue weighted by Crippen LogP contribution is 2.14. The summed E-state index contributed by atoms with van der Waals surface area (Å²) in [7, 11) is 0. The van der Waals surface area contributed by atoms with Crippen molar-refractivity contribution in [2.45, 2.75) is 64.5 Å². The fourth-order valence-corrected chi connectivity index (χ4v) is 3.02. The Hall–Kier alpha value is -1.13. The number of hydrogen-bond donors (Lipinski definition) is 1. The van der Waals surface area contributed by atoms with E-state index >= 15 is 0 Å². The third kappa shape index (κ3) is 5.93. The molecular formula is C18H31N3O. The number of hydrogen-bond acceptors (Lipinski definition) is 4. The second-order valence-electron chi connectivity index (χ2n) is 6.55. The molecule has 1 aliphatic rings. The molecule has 2 atom stereocenters. The van der Waals surface area contributed by atoms with Crippen LogP contribution in [0.1, 0.15) is 51.5 Å². The zero-order valence-corrected chi connectivity index (χ0v) is 14.1. The number of ether oxygens (including phenoxy) is 1. The molecule has 4 nitrogen and oxygen atoms in total. The fourth-order valence-electron chi connectivity index (χ4n) is 3.02. The lowest BCUT2D eigenvalue weighted by Crippen LogP contribution is -2.37. The van der Waals surface area contributed by atoms with Gasteiger partial charge in [-0.1, -0.05) is 25.8 Å². The van der Waals surface area contributed by atoms with E-state index in [1.807, 2.05) is 12.3 Å². The molecule has 0 saturated carbocycles. The van der Waals surface area contributed by atoms with Crippen LogP contribution in [0.5, 0.6) is 5.88 Å². The van der Waals surface area contributed by atoms with Crippen molar-refractivity contribution < 1.29 is 4.74 Å². The minimum atomic E-state index is 0.190. The van der Waals surface area contributed by atoms with Gasteiger partial charge in [0.2, 0.25) is 5.88 Å². The SMILES string of the molecule is CCCCC(C)Oc1ccc(C[C@H](N)CN2CCCC2)cn1. The summed E-state index contributed by atoms with van der Waals surface area (Å²) in [6, 6.07) is 4.26. The van der Waals surface area contributed by atoms with E-state index in [1.165, 1.54) is 44.3 Å². The average molecular weight is 305 g/mol. The molecule has 2 heterocycles. The maximum absolute atomic E-state index is 6.26. The second-order valence-corrected chi connectivity index (χ2v) is 6.55. The van der Waals surface area contributed by atoms with Gasteiger partial charge in [-0.25, -0.2) is 4.98 Å². The molecule has 0 spiro atoms. The first-order chi connectivity index (χ1) is 10.7. The van der Waals surface area contributed by atoms with Crippen LogP contribution in [-0.2, 0) is 6.42 Å². The molecular weight excluding hydrogens is 274 g/mol. The third-order valence-corrected chi connectivity index (χ3v) is 4.27. The molecule has 2 rings (SSSR count). The van der Waals surface area contributed by atoms with E-state index in [1.54, 1.807) is 0 Å². The minimum absolute atomic E-state index is 0.190. The lowest BCUT2D eigenvalue weighted by Gasteiger charge is -2.20. The minimum Gasteiger partial charge on any atom is -0.475 e. The summed E-state index contributed by atoms with van der Waals surface area (Å²) >= 11 is 0. The Morgan fingerprint density at radius 1 is 1.32 bits per heavy atom. The molecule has 1 aliphatic heterocycles. The highest BCUT2D eigenvalue weighted by molar-refractivity contribution is 5.19. The number of pyridine rings is 1. The van der Waals surface area contributed by atoms with Crippen LogP contribution in [0.4, 0.5) is 0 Å². The standard InChI is InChI=1S/C18H31N3O/c1-3-4-7-15(2)22-18-9-8-16(13-20-18)12-17(19)14-21-10-5-6-11-21/h8-9,13,15,17H,3-7,10-12,14,19H2,1-2H3/t15?,17-/m0/s1. The Morgan fingerprint density at radius 3 is 2.73 bits per heavy atom. The average Bonchev–Trinajstić information content (AvgIpc) is 3.00. The Labute approximate surface area is 135 Å². The molecule has 1 unspecified atom stereocenters. The number of nitrogens with two attached hydrogens (primary N) is 1. The molecule has 1 aromatic heterocycles. The van der Waals surface area contributed by atoms with Gasteiger partial charge in [0, 0.05) is 24.8 Å². The smallest absolute Gasteiger partial charge is 0.213 e. The highest BCUT2D eigenvalue weighted by Gasteiger charge is 2.15. The van der Waals surface area contributed by atoms with Crippen LogP contribution in [-0.4, -0.2) is 41.7 Å². The van der Waals surface area contributed by atoms with Crippen molar-refractivity contribution in [3.63, 3.8) is 0 Å². The molecule has 1 fully saturated rings. The van der Waals surface area contributed by atoms with Crippen molar-refractivity contribution in [2.24, 2.45) is 5.73 Å². The number of rotatable bonds is 9. The van der Waals surface area contributed by atoms with Gasteiger partial charge in [0.05, 0.1) is 6.10 Å². The van der Waals surface area contributed by atoms with Crippen LogP contribution in [0, 0.1) is 0 Å². The van der Waals surface area contributed by atoms with Crippen molar-refractivity contribution >= 4 is 0 Å². The van der Waals surface area contributed by atoms with Crippen LogP contribution in [0.25, 0.3) is 0 Å². The van der Waals surface area contributed by atoms with Crippen LogP contribution in [0.3, 0.4) is 0 Å². The van der Waals surface area contributed by atoms with E-state index in [-0.39, 0.29) is 12.1 Å². The first kappa shape index (κ1) is 17.2. The Bertz CT molecular complexity index is 415. The zero-order valence-electron chi connectivity index (χ0n) is 14.1. The van der Waals surface area contributed by atoms with Gasteiger partial charge in [0.25, 0.3) is 0 Å². The number of aromatic nitrogens is 1. The van der Waals surface area contributed by atoms with Crippen molar-refractivity contribution in [2.75, 3.05) is 19.6 Å². The van der Waals surface area contributed by atoms with E-state index in [9.17, 15) is 0 Å². The summed E-state index contributed by atoms with van der Waals surface area (Å²) in [5, 5.41) is 0.